The first kappa shape index (κ1) is 49.3. The van der Waals surface area contributed by atoms with Crippen molar-refractivity contribution in [2.24, 2.45) is 57.8 Å². The highest BCUT2D eigenvalue weighted by atomic mass is 16.6. The maximum absolute atomic E-state index is 15.6. The van der Waals surface area contributed by atoms with Gasteiger partial charge in [0.05, 0.1) is 19.4 Å². The number of aromatic hydroxyl groups is 1. The van der Waals surface area contributed by atoms with E-state index in [1.54, 1.807) is 20.2 Å². The summed E-state index contributed by atoms with van der Waals surface area (Å²) in [5, 5.41) is 41.3. The zero-order valence-electron chi connectivity index (χ0n) is 41.4. The first-order valence-electron chi connectivity index (χ1n) is 26.2. The lowest BCUT2D eigenvalue weighted by molar-refractivity contribution is -0.125. The maximum Gasteiger partial charge on any atom is 0.207 e. The zero-order valence-corrected chi connectivity index (χ0v) is 41.4. The van der Waals surface area contributed by atoms with Gasteiger partial charge in [0, 0.05) is 56.3 Å². The molecular weight excluding hydrogens is 869 g/mol. The minimum Gasteiger partial charge on any atom is -0.504 e. The lowest BCUT2D eigenvalue weighted by Gasteiger charge is -2.55. The smallest absolute Gasteiger partial charge is 0.207 e. The predicted molar refractivity (Wildman–Crippen MR) is 268 cm³/mol. The van der Waals surface area contributed by atoms with Gasteiger partial charge in [0.25, 0.3) is 0 Å². The van der Waals surface area contributed by atoms with E-state index in [1.165, 1.54) is 24.8 Å². The molecule has 0 aromatic heterocycles. The number of hydrogen-bond acceptors (Lipinski definition) is 10. The molecule has 9 rings (SSSR count). The van der Waals surface area contributed by atoms with E-state index in [0.29, 0.717) is 104 Å². The molecule has 12 atom stereocenters. The highest BCUT2D eigenvalue weighted by Gasteiger charge is 2.58. The van der Waals surface area contributed by atoms with Crippen LogP contribution in [-0.2, 0) is 21.4 Å². The Morgan fingerprint density at radius 3 is 2.70 bits per heavy atom. The average molecular weight is 945 g/mol. The monoisotopic (exact) mass is 945 g/mol. The van der Waals surface area contributed by atoms with Gasteiger partial charge in [0.15, 0.2) is 29.3 Å². The van der Waals surface area contributed by atoms with Crippen molar-refractivity contribution in [2.45, 2.75) is 140 Å². The molecule has 69 heavy (non-hydrogen) atoms. The highest BCUT2D eigenvalue weighted by Crippen LogP contribution is 2.65. The Bertz CT molecular complexity index is 2360. The number of methoxy groups -OCH3 is 1. The van der Waals surface area contributed by atoms with E-state index in [1.807, 2.05) is 25.3 Å². The minimum atomic E-state index is -0.954. The zero-order chi connectivity index (χ0) is 48.2. The molecular formula is C57H76N4O8. The summed E-state index contributed by atoms with van der Waals surface area (Å²) in [6, 6.07) is 13.2. The van der Waals surface area contributed by atoms with E-state index in [2.05, 4.69) is 70.1 Å². The number of hydrogen-bond donors (Lipinski definition) is 6. The van der Waals surface area contributed by atoms with Gasteiger partial charge >= 0.3 is 0 Å². The van der Waals surface area contributed by atoms with Gasteiger partial charge in [0.2, 0.25) is 11.7 Å². The van der Waals surface area contributed by atoms with Crippen LogP contribution in [0.1, 0.15) is 127 Å². The molecule has 7 aliphatic rings. The standard InChI is InChI=1S/C57H76N4O8/c1-5-37-15-17-39-29-43-13-7-22-57(43)44-31-47(53-50(32-44)69-55(36-58-2)34-40(11-9-25-68-53)41(35-55)30-52(65)67-26-10-24-62)61-54(59-3)60-23-8-14-42-12-6-21-56(42,51(64)20-18-46(57)45(39)27-37)33-38-16-19-48(63)49(28-38)66-4/h16,18-20,28,31-32,37,39-43,45-46,52,58,62-63,65H,5-7,10-15,17,21-22,24,26-27,29-30,33-36H2,1-4H3,(H2,59,60,61). The van der Waals surface area contributed by atoms with Crippen LogP contribution >= 0.6 is 0 Å². The van der Waals surface area contributed by atoms with E-state index in [-0.39, 0.29) is 47.2 Å². The number of anilines is 1. The second kappa shape index (κ2) is 21.3. The summed E-state index contributed by atoms with van der Waals surface area (Å²) in [6.07, 6.45) is 22.4. The number of nitrogens with one attached hydrogen (secondary N) is 3. The maximum atomic E-state index is 15.6. The molecule has 2 aromatic carbocycles. The van der Waals surface area contributed by atoms with Gasteiger partial charge in [-0.1, -0.05) is 56.6 Å². The van der Waals surface area contributed by atoms with Gasteiger partial charge < -0.3 is 44.9 Å². The summed E-state index contributed by atoms with van der Waals surface area (Å²) in [4.78, 5) is 20.2. The first-order valence-corrected chi connectivity index (χ1v) is 26.2. The molecule has 0 amide bonds. The van der Waals surface area contributed by atoms with Crippen LogP contribution in [0.25, 0.3) is 0 Å². The van der Waals surface area contributed by atoms with E-state index in [0.717, 1.165) is 63.4 Å². The Labute approximate surface area is 410 Å². The van der Waals surface area contributed by atoms with Crippen LogP contribution in [0.15, 0.2) is 47.5 Å². The average Bonchev–Trinajstić information content (AvgIpc) is 4.06. The van der Waals surface area contributed by atoms with Crippen molar-refractivity contribution in [3.63, 3.8) is 0 Å². The first-order chi connectivity index (χ1) is 33.6. The lowest BCUT2D eigenvalue weighted by Crippen LogP contribution is -2.51. The molecule has 12 nitrogen and oxygen atoms in total. The lowest BCUT2D eigenvalue weighted by atomic mass is 9.48. The Balaban J connectivity index is 1.19. The van der Waals surface area contributed by atoms with Gasteiger partial charge in [0.1, 0.15) is 11.7 Å². The topological polar surface area (TPSA) is 163 Å². The number of carbonyl (C=O) groups excluding carboxylic acids is 1. The van der Waals surface area contributed by atoms with Crippen molar-refractivity contribution in [2.75, 3.05) is 46.3 Å². The van der Waals surface area contributed by atoms with Crippen LogP contribution in [0.2, 0.25) is 0 Å². The summed E-state index contributed by atoms with van der Waals surface area (Å²) in [7, 11) is 5.27. The van der Waals surface area contributed by atoms with Crippen LogP contribution in [0, 0.1) is 76.7 Å². The summed E-state index contributed by atoms with van der Waals surface area (Å²) < 4.78 is 25.4. The fraction of sp³-hybridized carbons (Fsp3) is 0.649. The van der Waals surface area contributed by atoms with Gasteiger partial charge in [-0.25, -0.2) is 0 Å². The fourth-order valence-corrected chi connectivity index (χ4v) is 14.9. The SMILES string of the molecule is CCC1CCC2CC3CCCC34c3cc(c5c(c3)OC3(CNC)CC(CC#CO5)C(CC(O)OCCCO)C3)NC(=NC)NC#CCC3CCCC3(Cc3ccc(O)c(OC)c3)C(=O)C=CC4C2C1. The van der Waals surface area contributed by atoms with Gasteiger partial charge in [-0.05, 0) is 166 Å². The summed E-state index contributed by atoms with van der Waals surface area (Å²) in [5.74, 6) is 11.5. The third kappa shape index (κ3) is 9.86. The number of ketones is 1. The Hall–Kier alpha value is -4.72. The number of guanidine groups is 1. The largest absolute Gasteiger partial charge is 0.504 e. The number of carbonyl (C=O) groups is 1. The Morgan fingerprint density at radius 2 is 1.88 bits per heavy atom. The molecule has 2 heterocycles. The number of likely N-dealkylation sites (N-methyl/N-ethyl adjacent to an activating group) is 1. The third-order valence-electron chi connectivity index (χ3n) is 18.1. The van der Waals surface area contributed by atoms with Crippen molar-refractivity contribution in [1.82, 2.24) is 10.6 Å². The van der Waals surface area contributed by atoms with Gasteiger partial charge in [-0.2, -0.15) is 0 Å². The third-order valence-corrected chi connectivity index (χ3v) is 18.1. The summed E-state index contributed by atoms with van der Waals surface area (Å²) in [5.41, 5.74) is 1.28. The van der Waals surface area contributed by atoms with Gasteiger partial charge in [-0.15, -0.1) is 0 Å². The van der Waals surface area contributed by atoms with Crippen molar-refractivity contribution in [3.8, 4) is 47.0 Å². The van der Waals surface area contributed by atoms with Crippen molar-refractivity contribution in [3.05, 3.63) is 53.6 Å². The molecule has 5 saturated carbocycles. The molecule has 5 aliphatic carbocycles. The summed E-state index contributed by atoms with van der Waals surface area (Å²) in [6.45, 7) is 3.23. The number of phenols is 1. The molecule has 2 aliphatic heterocycles. The minimum absolute atomic E-state index is 0.0119. The van der Waals surface area contributed by atoms with Crippen molar-refractivity contribution < 1.29 is 39.1 Å². The second-order valence-electron chi connectivity index (χ2n) is 21.7. The number of fused-ring (bicyclic) bond motifs is 9. The van der Waals surface area contributed by atoms with Crippen molar-refractivity contribution in [1.29, 1.82) is 0 Å². The van der Waals surface area contributed by atoms with Crippen LogP contribution < -0.4 is 30.2 Å². The molecule has 12 unspecified atom stereocenters. The highest BCUT2D eigenvalue weighted by molar-refractivity contribution is 5.97. The normalized spacial score (nSPS) is 34.6. The van der Waals surface area contributed by atoms with Crippen LogP contribution in [0.4, 0.5) is 5.69 Å². The number of nitrogens with zero attached hydrogens (tertiary/aromatic N) is 1. The molecule has 0 saturated heterocycles. The molecule has 12 heteroatoms. The van der Waals surface area contributed by atoms with Crippen molar-refractivity contribution >= 4 is 17.4 Å². The second-order valence-corrected chi connectivity index (χ2v) is 21.7. The van der Waals surface area contributed by atoms with E-state index < -0.39 is 17.3 Å². The Morgan fingerprint density at radius 1 is 1.03 bits per heavy atom. The predicted octanol–water partition coefficient (Wildman–Crippen LogP) is 8.62. The molecule has 1 spiro atoms. The number of ether oxygens (including phenoxy) is 4. The van der Waals surface area contributed by atoms with Crippen LogP contribution in [0.3, 0.4) is 0 Å². The van der Waals surface area contributed by atoms with Crippen LogP contribution in [0.5, 0.6) is 23.0 Å². The number of aliphatic hydroxyl groups excluding tert-OH is 2. The summed E-state index contributed by atoms with van der Waals surface area (Å²) >= 11 is 0. The molecule has 5 fully saturated rings. The molecule has 372 valence electrons. The van der Waals surface area contributed by atoms with E-state index in [9.17, 15) is 15.3 Å². The van der Waals surface area contributed by atoms with E-state index in [4.69, 9.17) is 18.9 Å². The molecule has 2 aromatic rings. The van der Waals surface area contributed by atoms with E-state index >= 15 is 4.79 Å². The molecule has 4 bridgehead atoms. The number of allylic oxidation sites excluding steroid dienone is 2. The number of benzene rings is 2. The number of aliphatic hydroxyl groups is 2. The number of phenolic OH excluding ortho intramolecular Hbond substituents is 1. The Kier molecular flexibility index (Phi) is 15.2. The number of aliphatic imine (C=N–C) groups is 1. The van der Waals surface area contributed by atoms with Gasteiger partial charge in [-0.3, -0.25) is 15.1 Å². The fourth-order valence-electron chi connectivity index (χ4n) is 14.9. The molecule has 6 N–H and O–H groups in total. The van der Waals surface area contributed by atoms with Crippen LogP contribution in [-0.4, -0.2) is 79.9 Å². The molecule has 0 radical (unpaired) electrons. The quantitative estimate of drug-likeness (QED) is 0.0687. The number of rotatable bonds is 12.